The van der Waals surface area contributed by atoms with Crippen LogP contribution in [0.1, 0.15) is 0 Å². The van der Waals surface area contributed by atoms with Gasteiger partial charge in [0.2, 0.25) is 0 Å². The minimum Gasteiger partial charge on any atom is -0.0616 e. The number of rotatable bonds is 2. The minimum atomic E-state index is 1.22. The van der Waals surface area contributed by atoms with Crippen molar-refractivity contribution in [2.45, 2.75) is 0 Å². The number of hydrogen-bond acceptors (Lipinski definition) is 0. The van der Waals surface area contributed by atoms with E-state index >= 15 is 0 Å². The van der Waals surface area contributed by atoms with Gasteiger partial charge >= 0.3 is 0 Å². The lowest BCUT2D eigenvalue weighted by atomic mass is 9.86. The molecule has 0 heteroatoms. The Labute approximate surface area is 266 Å². The molecule has 0 aliphatic rings. The average molecular weight is 581 g/mol. The van der Waals surface area contributed by atoms with Crippen LogP contribution in [0.3, 0.4) is 0 Å². The highest BCUT2D eigenvalue weighted by Gasteiger charge is 2.16. The second-order valence-corrected chi connectivity index (χ2v) is 12.4. The van der Waals surface area contributed by atoms with E-state index in [1.54, 1.807) is 0 Å². The molecule has 0 unspecified atom stereocenters. The molecule has 212 valence electrons. The molecule has 0 amide bonds. The fourth-order valence-corrected chi connectivity index (χ4v) is 7.94. The smallest absolute Gasteiger partial charge is 0.00137 e. The van der Waals surface area contributed by atoms with Gasteiger partial charge in [0.15, 0.2) is 0 Å². The Morgan fingerprint density at radius 1 is 0.217 bits per heavy atom. The van der Waals surface area contributed by atoms with Crippen molar-refractivity contribution in [1.82, 2.24) is 0 Å². The van der Waals surface area contributed by atoms with Crippen LogP contribution >= 0.6 is 0 Å². The Morgan fingerprint density at radius 2 is 0.609 bits per heavy atom. The lowest BCUT2D eigenvalue weighted by Crippen LogP contribution is -1.89. The molecule has 0 spiro atoms. The summed E-state index contributed by atoms with van der Waals surface area (Å²) in [5, 5.41) is 18.3. The van der Waals surface area contributed by atoms with E-state index in [0.29, 0.717) is 0 Å². The van der Waals surface area contributed by atoms with Gasteiger partial charge in [0.25, 0.3) is 0 Å². The number of benzene rings is 10. The van der Waals surface area contributed by atoms with Gasteiger partial charge in [0, 0.05) is 0 Å². The summed E-state index contributed by atoms with van der Waals surface area (Å²) in [5.41, 5.74) is 4.97. The molecule has 0 aliphatic heterocycles. The molecule has 0 radical (unpaired) electrons. The van der Waals surface area contributed by atoms with Crippen LogP contribution in [0.4, 0.5) is 0 Å². The lowest BCUT2D eigenvalue weighted by molar-refractivity contribution is 1.63. The van der Waals surface area contributed by atoms with Crippen LogP contribution in [0.25, 0.3) is 97.7 Å². The molecule has 0 aliphatic carbocycles. The maximum absolute atomic E-state index is 2.42. The van der Waals surface area contributed by atoms with Crippen molar-refractivity contribution in [3.8, 4) is 22.3 Å². The van der Waals surface area contributed by atoms with E-state index in [-0.39, 0.29) is 0 Å². The Morgan fingerprint density at radius 3 is 1.20 bits per heavy atom. The van der Waals surface area contributed by atoms with Gasteiger partial charge in [-0.3, -0.25) is 0 Å². The monoisotopic (exact) mass is 580 g/mol. The van der Waals surface area contributed by atoms with Gasteiger partial charge in [0.1, 0.15) is 0 Å². The van der Waals surface area contributed by atoms with Gasteiger partial charge in [-0.2, -0.15) is 0 Å². The highest BCUT2D eigenvalue weighted by atomic mass is 14.2. The van der Waals surface area contributed by atoms with Crippen molar-refractivity contribution in [1.29, 1.82) is 0 Å². The Hall–Kier alpha value is -5.98. The molecule has 10 rings (SSSR count). The standard InChI is InChI=1S/C46H28/c1-2-12-33-32(11-1)28-43(38-17-4-3-13-34(33)38)30-23-21-29(22-24-30)31-25-26-39-37-16-7-9-19-41(37)45-40-18-8-5-14-35(40)36-15-6-10-20-42(36)46(45)44(39)27-31/h1-28H. The zero-order valence-electron chi connectivity index (χ0n) is 25.2. The molecule has 0 saturated heterocycles. The molecule has 0 bridgehead atoms. The van der Waals surface area contributed by atoms with Crippen molar-refractivity contribution in [3.05, 3.63) is 170 Å². The molecular formula is C46H28. The normalized spacial score (nSPS) is 11.9. The van der Waals surface area contributed by atoms with Gasteiger partial charge < -0.3 is 0 Å². The quantitative estimate of drug-likeness (QED) is 0.178. The third-order valence-electron chi connectivity index (χ3n) is 10.0. The molecule has 10 aromatic rings. The fraction of sp³-hybridized carbons (Fsp3) is 0. The molecule has 0 heterocycles. The maximum Gasteiger partial charge on any atom is -0.00137 e. The summed E-state index contributed by atoms with van der Waals surface area (Å²) >= 11 is 0. The lowest BCUT2D eigenvalue weighted by Gasteiger charge is -2.17. The molecule has 0 atom stereocenters. The van der Waals surface area contributed by atoms with Crippen LogP contribution in [0.2, 0.25) is 0 Å². The minimum absolute atomic E-state index is 1.22. The van der Waals surface area contributed by atoms with Crippen molar-refractivity contribution in [3.63, 3.8) is 0 Å². The van der Waals surface area contributed by atoms with E-state index in [4.69, 9.17) is 0 Å². The molecule has 0 saturated carbocycles. The fourth-order valence-electron chi connectivity index (χ4n) is 7.94. The zero-order valence-corrected chi connectivity index (χ0v) is 25.2. The van der Waals surface area contributed by atoms with E-state index < -0.39 is 0 Å². The summed E-state index contributed by atoms with van der Waals surface area (Å²) in [6.07, 6.45) is 0. The van der Waals surface area contributed by atoms with Crippen molar-refractivity contribution in [2.24, 2.45) is 0 Å². The maximum atomic E-state index is 2.42. The first-order chi connectivity index (χ1) is 22.8. The predicted octanol–water partition coefficient (Wildman–Crippen LogP) is 13.1. The summed E-state index contributed by atoms with van der Waals surface area (Å²) < 4.78 is 0. The number of hydrogen-bond donors (Lipinski definition) is 0. The summed E-state index contributed by atoms with van der Waals surface area (Å²) in [6.45, 7) is 0. The third kappa shape index (κ3) is 3.62. The molecule has 0 N–H and O–H groups in total. The molecule has 0 aromatic heterocycles. The van der Waals surface area contributed by atoms with Crippen molar-refractivity contribution < 1.29 is 0 Å². The second-order valence-electron chi connectivity index (χ2n) is 12.4. The SMILES string of the molecule is c1ccc2c(c1)cc(-c1ccc(-c3ccc4c5ccccc5c5c6ccccc6c6ccccc6c5c4c3)cc1)c1ccccc12. The Kier molecular flexibility index (Phi) is 5.38. The molecule has 0 fully saturated rings. The van der Waals surface area contributed by atoms with Crippen molar-refractivity contribution >= 4 is 75.4 Å². The van der Waals surface area contributed by atoms with Gasteiger partial charge in [-0.1, -0.05) is 158 Å². The van der Waals surface area contributed by atoms with Crippen LogP contribution in [0, 0.1) is 0 Å². The Balaban J connectivity index is 1.22. The van der Waals surface area contributed by atoms with Crippen molar-refractivity contribution in [2.75, 3.05) is 0 Å². The highest BCUT2D eigenvalue weighted by Crippen LogP contribution is 2.45. The first-order valence-electron chi connectivity index (χ1n) is 16.0. The molecule has 10 aromatic carbocycles. The van der Waals surface area contributed by atoms with E-state index in [2.05, 4.69) is 170 Å². The summed E-state index contributed by atoms with van der Waals surface area (Å²) in [6, 6.07) is 62.7. The van der Waals surface area contributed by atoms with E-state index in [1.807, 2.05) is 0 Å². The van der Waals surface area contributed by atoms with Crippen LogP contribution in [0.15, 0.2) is 170 Å². The summed E-state index contributed by atoms with van der Waals surface area (Å²) in [4.78, 5) is 0. The third-order valence-corrected chi connectivity index (χ3v) is 10.0. The molecule has 46 heavy (non-hydrogen) atoms. The summed E-state index contributed by atoms with van der Waals surface area (Å²) in [5.74, 6) is 0. The predicted molar refractivity (Wildman–Crippen MR) is 200 cm³/mol. The second kappa shape index (κ2) is 9.76. The first-order valence-corrected chi connectivity index (χ1v) is 16.0. The zero-order chi connectivity index (χ0) is 30.2. The van der Waals surface area contributed by atoms with Crippen LogP contribution in [0.5, 0.6) is 0 Å². The largest absolute Gasteiger partial charge is 0.0616 e. The van der Waals surface area contributed by atoms with E-state index in [1.165, 1.54) is 97.7 Å². The number of fused-ring (bicyclic) bond motifs is 14. The first kappa shape index (κ1) is 25.4. The molecular weight excluding hydrogens is 553 g/mol. The topological polar surface area (TPSA) is 0 Å². The average Bonchev–Trinajstić information content (AvgIpc) is 3.14. The van der Waals surface area contributed by atoms with E-state index in [0.717, 1.165) is 0 Å². The molecule has 0 nitrogen and oxygen atoms in total. The van der Waals surface area contributed by atoms with Crippen LogP contribution in [-0.4, -0.2) is 0 Å². The van der Waals surface area contributed by atoms with Gasteiger partial charge in [-0.15, -0.1) is 0 Å². The van der Waals surface area contributed by atoms with Gasteiger partial charge in [0.05, 0.1) is 0 Å². The van der Waals surface area contributed by atoms with Gasteiger partial charge in [-0.25, -0.2) is 0 Å². The van der Waals surface area contributed by atoms with Crippen LogP contribution in [-0.2, 0) is 0 Å². The Bertz CT molecular complexity index is 2820. The van der Waals surface area contributed by atoms with E-state index in [9.17, 15) is 0 Å². The van der Waals surface area contributed by atoms with Gasteiger partial charge in [-0.05, 0) is 110 Å². The van der Waals surface area contributed by atoms with Crippen LogP contribution < -0.4 is 0 Å². The highest BCUT2D eigenvalue weighted by molar-refractivity contribution is 6.39. The summed E-state index contributed by atoms with van der Waals surface area (Å²) in [7, 11) is 0.